The predicted molar refractivity (Wildman–Crippen MR) is 83.1 cm³/mol. The van der Waals surface area contributed by atoms with Crippen LogP contribution in [0.25, 0.3) is 0 Å². The monoisotopic (exact) mass is 342 g/mol. The van der Waals surface area contributed by atoms with Crippen molar-refractivity contribution in [2.75, 3.05) is 33.4 Å². The second-order valence-corrected chi connectivity index (χ2v) is 8.38. The van der Waals surface area contributed by atoms with Crippen LogP contribution in [0.1, 0.15) is 18.7 Å². The fourth-order valence-electron chi connectivity index (χ4n) is 3.33. The minimum atomic E-state index is -3.21. The molecule has 0 unspecified atom stereocenters. The molecule has 1 amide bonds. The van der Waals surface area contributed by atoms with Crippen molar-refractivity contribution in [3.8, 4) is 0 Å². The maximum Gasteiger partial charge on any atom is 0.253 e. The summed E-state index contributed by atoms with van der Waals surface area (Å²) in [6.45, 7) is 1.17. The van der Waals surface area contributed by atoms with E-state index in [4.69, 9.17) is 4.74 Å². The van der Waals surface area contributed by atoms with Gasteiger partial charge in [0, 0.05) is 39.6 Å². The third kappa shape index (κ3) is 2.88. The number of carbonyl (C=O) groups excluding carboxylic acids is 1. The SMILES string of the molecule is CN(C)C(=O)[C@H]1Cn2ccnc2C2(CCN(S(C)(=O)=O)CC2)O1. The van der Waals surface area contributed by atoms with E-state index in [1.165, 1.54) is 15.5 Å². The molecule has 0 aliphatic carbocycles. The van der Waals surface area contributed by atoms with Crippen molar-refractivity contribution in [2.45, 2.75) is 31.1 Å². The van der Waals surface area contributed by atoms with Crippen molar-refractivity contribution in [1.82, 2.24) is 18.8 Å². The molecule has 1 aromatic rings. The van der Waals surface area contributed by atoms with Gasteiger partial charge in [-0.25, -0.2) is 17.7 Å². The largest absolute Gasteiger partial charge is 0.352 e. The Morgan fingerprint density at radius 2 is 2.04 bits per heavy atom. The van der Waals surface area contributed by atoms with Crippen LogP contribution in [0, 0.1) is 0 Å². The summed E-state index contributed by atoms with van der Waals surface area (Å²) in [6.07, 6.45) is 5.18. The van der Waals surface area contributed by atoms with Crippen molar-refractivity contribution in [3.63, 3.8) is 0 Å². The number of likely N-dealkylation sites (N-methyl/N-ethyl adjacent to an activating group) is 1. The van der Waals surface area contributed by atoms with Crippen molar-refractivity contribution in [2.24, 2.45) is 0 Å². The Bertz CT molecular complexity index is 704. The summed E-state index contributed by atoms with van der Waals surface area (Å²) in [6, 6.07) is 0. The molecule has 0 radical (unpaired) electrons. The Morgan fingerprint density at radius 1 is 1.39 bits per heavy atom. The first-order chi connectivity index (χ1) is 10.7. The lowest BCUT2D eigenvalue weighted by Gasteiger charge is -2.45. The predicted octanol–water partition coefficient (Wildman–Crippen LogP) is -0.379. The van der Waals surface area contributed by atoms with Gasteiger partial charge in [0.1, 0.15) is 11.4 Å². The van der Waals surface area contributed by atoms with Gasteiger partial charge in [-0.15, -0.1) is 0 Å². The van der Waals surface area contributed by atoms with Gasteiger partial charge in [-0.3, -0.25) is 4.79 Å². The first-order valence-electron chi connectivity index (χ1n) is 7.59. The maximum absolute atomic E-state index is 12.3. The van der Waals surface area contributed by atoms with E-state index in [9.17, 15) is 13.2 Å². The van der Waals surface area contributed by atoms with Crippen molar-refractivity contribution in [1.29, 1.82) is 0 Å². The summed E-state index contributed by atoms with van der Waals surface area (Å²) in [5.41, 5.74) is -0.695. The molecule has 0 bridgehead atoms. The normalized spacial score (nSPS) is 24.4. The summed E-state index contributed by atoms with van der Waals surface area (Å²) in [7, 11) is 0.192. The number of carbonyl (C=O) groups is 1. The first-order valence-corrected chi connectivity index (χ1v) is 9.43. The van der Waals surface area contributed by atoms with E-state index >= 15 is 0 Å². The van der Waals surface area contributed by atoms with Crippen LogP contribution in [0.3, 0.4) is 0 Å². The number of ether oxygens (including phenoxy) is 1. The molecule has 0 N–H and O–H groups in total. The highest BCUT2D eigenvalue weighted by atomic mass is 32.2. The Morgan fingerprint density at radius 3 is 2.61 bits per heavy atom. The van der Waals surface area contributed by atoms with Gasteiger partial charge in [0.25, 0.3) is 5.91 Å². The van der Waals surface area contributed by atoms with E-state index in [0.29, 0.717) is 32.5 Å². The average Bonchev–Trinajstić information content (AvgIpc) is 2.95. The Balaban J connectivity index is 1.89. The molecule has 1 fully saturated rings. The molecule has 23 heavy (non-hydrogen) atoms. The Hall–Kier alpha value is -1.45. The van der Waals surface area contributed by atoms with Gasteiger partial charge in [-0.2, -0.15) is 0 Å². The van der Waals surface area contributed by atoms with Crippen LogP contribution in [0.2, 0.25) is 0 Å². The highest BCUT2D eigenvalue weighted by Gasteiger charge is 2.48. The number of piperidine rings is 1. The summed E-state index contributed by atoms with van der Waals surface area (Å²) in [5.74, 6) is 0.697. The second-order valence-electron chi connectivity index (χ2n) is 6.40. The number of sulfonamides is 1. The Labute approximate surface area is 136 Å². The molecule has 128 valence electrons. The molecule has 1 spiro atoms. The zero-order chi connectivity index (χ0) is 16.8. The summed E-state index contributed by atoms with van der Waals surface area (Å²) >= 11 is 0. The maximum atomic E-state index is 12.3. The van der Waals surface area contributed by atoms with Crippen LogP contribution >= 0.6 is 0 Å². The lowest BCUT2D eigenvalue weighted by Crippen LogP contribution is -2.54. The molecule has 9 heteroatoms. The molecule has 2 aliphatic heterocycles. The van der Waals surface area contributed by atoms with E-state index in [2.05, 4.69) is 4.98 Å². The standard InChI is InChI=1S/C14H22N4O4S/c1-16(2)12(19)11-10-17-9-6-15-13(17)14(22-11)4-7-18(8-5-14)23(3,20)21/h6,9,11H,4-5,7-8,10H2,1-3H3/t11-/m1/s1. The van der Waals surface area contributed by atoms with Crippen molar-refractivity contribution >= 4 is 15.9 Å². The molecular formula is C14H22N4O4S. The topological polar surface area (TPSA) is 84.7 Å². The number of aromatic nitrogens is 2. The second kappa shape index (κ2) is 5.57. The number of imidazole rings is 1. The van der Waals surface area contributed by atoms with Gasteiger partial charge in [0.2, 0.25) is 10.0 Å². The van der Waals surface area contributed by atoms with E-state index in [1.807, 2.05) is 10.8 Å². The zero-order valence-electron chi connectivity index (χ0n) is 13.6. The molecule has 1 atom stereocenters. The number of hydrogen-bond donors (Lipinski definition) is 0. The molecular weight excluding hydrogens is 320 g/mol. The van der Waals surface area contributed by atoms with E-state index in [1.54, 1.807) is 20.3 Å². The highest BCUT2D eigenvalue weighted by molar-refractivity contribution is 7.88. The molecule has 2 aliphatic rings. The number of rotatable bonds is 2. The molecule has 1 aromatic heterocycles. The molecule has 3 rings (SSSR count). The van der Waals surface area contributed by atoms with Gasteiger partial charge in [-0.05, 0) is 12.8 Å². The summed E-state index contributed by atoms with van der Waals surface area (Å²) < 4.78 is 33.0. The average molecular weight is 342 g/mol. The van der Waals surface area contributed by atoms with Crippen LogP contribution in [0.4, 0.5) is 0 Å². The molecule has 8 nitrogen and oxygen atoms in total. The van der Waals surface area contributed by atoms with Gasteiger partial charge < -0.3 is 14.2 Å². The number of amides is 1. The lowest BCUT2D eigenvalue weighted by atomic mass is 9.89. The minimum absolute atomic E-state index is 0.0886. The number of hydrogen-bond acceptors (Lipinski definition) is 5. The van der Waals surface area contributed by atoms with E-state index in [-0.39, 0.29) is 5.91 Å². The third-order valence-corrected chi connectivity index (χ3v) is 5.87. The van der Waals surface area contributed by atoms with Crippen LogP contribution in [-0.4, -0.2) is 72.6 Å². The minimum Gasteiger partial charge on any atom is -0.352 e. The number of nitrogens with zero attached hydrogens (tertiary/aromatic N) is 4. The van der Waals surface area contributed by atoms with Crippen LogP contribution in [0.5, 0.6) is 0 Å². The Kier molecular flexibility index (Phi) is 3.97. The van der Waals surface area contributed by atoms with Crippen LogP contribution in [0.15, 0.2) is 12.4 Å². The fraction of sp³-hybridized carbons (Fsp3) is 0.714. The van der Waals surface area contributed by atoms with Gasteiger partial charge >= 0.3 is 0 Å². The summed E-state index contributed by atoms with van der Waals surface area (Å²) in [4.78, 5) is 18.3. The van der Waals surface area contributed by atoms with Gasteiger partial charge in [-0.1, -0.05) is 0 Å². The van der Waals surface area contributed by atoms with E-state index < -0.39 is 21.7 Å². The van der Waals surface area contributed by atoms with Gasteiger partial charge in [0.05, 0.1) is 12.8 Å². The van der Waals surface area contributed by atoms with Gasteiger partial charge in [0.15, 0.2) is 6.10 Å². The third-order valence-electron chi connectivity index (χ3n) is 4.57. The smallest absolute Gasteiger partial charge is 0.253 e. The first kappa shape index (κ1) is 16.4. The number of fused-ring (bicyclic) bond motifs is 2. The van der Waals surface area contributed by atoms with Crippen molar-refractivity contribution in [3.05, 3.63) is 18.2 Å². The van der Waals surface area contributed by atoms with Crippen LogP contribution < -0.4 is 0 Å². The fourth-order valence-corrected chi connectivity index (χ4v) is 4.18. The molecule has 1 saturated heterocycles. The molecule has 0 saturated carbocycles. The van der Waals surface area contributed by atoms with Crippen LogP contribution in [-0.2, 0) is 31.7 Å². The quantitative estimate of drug-likeness (QED) is 0.731. The van der Waals surface area contributed by atoms with E-state index in [0.717, 1.165) is 5.82 Å². The van der Waals surface area contributed by atoms with Crippen molar-refractivity contribution < 1.29 is 17.9 Å². The summed E-state index contributed by atoms with van der Waals surface area (Å²) in [5, 5.41) is 0. The highest BCUT2D eigenvalue weighted by Crippen LogP contribution is 2.40. The molecule has 0 aromatic carbocycles. The zero-order valence-corrected chi connectivity index (χ0v) is 14.4. The lowest BCUT2D eigenvalue weighted by molar-refractivity contribution is -0.177. The molecule has 3 heterocycles.